The number of halogens is 1. The van der Waals surface area contributed by atoms with Gasteiger partial charge in [0.15, 0.2) is 5.76 Å². The molecular weight excluding hydrogens is 259 g/mol. The third-order valence-corrected chi connectivity index (χ3v) is 3.23. The van der Waals surface area contributed by atoms with Gasteiger partial charge in [0.25, 0.3) is 0 Å². The highest BCUT2D eigenvalue weighted by molar-refractivity contribution is 5.34. The van der Waals surface area contributed by atoms with E-state index >= 15 is 0 Å². The monoisotopic (exact) mass is 276 g/mol. The van der Waals surface area contributed by atoms with Crippen LogP contribution in [-0.2, 0) is 13.2 Å². The Morgan fingerprint density at radius 2 is 2.25 bits per heavy atom. The van der Waals surface area contributed by atoms with Gasteiger partial charge in [0.2, 0.25) is 0 Å². The van der Waals surface area contributed by atoms with Crippen LogP contribution in [0.2, 0.25) is 0 Å². The first-order valence-electron chi connectivity index (χ1n) is 6.77. The Morgan fingerprint density at radius 3 is 2.95 bits per heavy atom. The molecule has 2 aromatic rings. The molecule has 1 aliphatic rings. The number of nitrogens with one attached hydrogen (secondary N) is 1. The number of aryl methyl sites for hydroxylation is 1. The Bertz CT molecular complexity index is 593. The number of aromatic nitrogens is 1. The largest absolute Gasteiger partial charge is 0.485 e. The van der Waals surface area contributed by atoms with Crippen molar-refractivity contribution in [3.05, 3.63) is 47.1 Å². The number of nitrogens with zero attached hydrogens (tertiary/aromatic N) is 1. The van der Waals surface area contributed by atoms with Crippen molar-refractivity contribution >= 4 is 0 Å². The summed E-state index contributed by atoms with van der Waals surface area (Å²) >= 11 is 0. The predicted octanol–water partition coefficient (Wildman–Crippen LogP) is 2.95. The molecule has 1 fully saturated rings. The first-order valence-corrected chi connectivity index (χ1v) is 6.77. The lowest BCUT2D eigenvalue weighted by Gasteiger charge is -2.11. The fourth-order valence-corrected chi connectivity index (χ4v) is 2.00. The van der Waals surface area contributed by atoms with E-state index in [0.29, 0.717) is 30.7 Å². The van der Waals surface area contributed by atoms with Crippen LogP contribution in [0.15, 0.2) is 28.8 Å². The molecule has 1 saturated carbocycles. The van der Waals surface area contributed by atoms with E-state index in [1.807, 2.05) is 13.0 Å². The maximum atomic E-state index is 13.3. The summed E-state index contributed by atoms with van der Waals surface area (Å²) in [6.45, 7) is 2.77. The van der Waals surface area contributed by atoms with Crippen molar-refractivity contribution in [2.45, 2.75) is 39.0 Å². The molecule has 20 heavy (non-hydrogen) atoms. The maximum Gasteiger partial charge on any atom is 0.174 e. The summed E-state index contributed by atoms with van der Waals surface area (Å²) in [5.41, 5.74) is 1.64. The number of rotatable bonds is 6. The Labute approximate surface area is 116 Å². The molecule has 1 aromatic heterocycles. The van der Waals surface area contributed by atoms with Crippen LogP contribution in [0.25, 0.3) is 0 Å². The first kappa shape index (κ1) is 13.1. The molecule has 0 amide bonds. The molecule has 1 aromatic carbocycles. The second-order valence-electron chi connectivity index (χ2n) is 5.13. The van der Waals surface area contributed by atoms with Gasteiger partial charge in [-0.15, -0.1) is 0 Å². The summed E-state index contributed by atoms with van der Waals surface area (Å²) in [6.07, 6.45) is 2.39. The molecule has 0 radical (unpaired) electrons. The fraction of sp³-hybridized carbons (Fsp3) is 0.400. The van der Waals surface area contributed by atoms with Crippen molar-refractivity contribution in [3.8, 4) is 5.75 Å². The molecule has 1 heterocycles. The van der Waals surface area contributed by atoms with Crippen LogP contribution in [-0.4, -0.2) is 11.2 Å². The minimum Gasteiger partial charge on any atom is -0.485 e. The van der Waals surface area contributed by atoms with Crippen molar-refractivity contribution < 1.29 is 13.7 Å². The molecule has 106 valence electrons. The van der Waals surface area contributed by atoms with E-state index in [-0.39, 0.29) is 5.82 Å². The maximum absolute atomic E-state index is 13.3. The van der Waals surface area contributed by atoms with Crippen LogP contribution in [0.3, 0.4) is 0 Å². The third kappa shape index (κ3) is 3.36. The Kier molecular flexibility index (Phi) is 3.69. The van der Waals surface area contributed by atoms with Crippen LogP contribution in [0.4, 0.5) is 4.39 Å². The zero-order chi connectivity index (χ0) is 13.9. The molecule has 4 nitrogen and oxygen atoms in total. The predicted molar refractivity (Wildman–Crippen MR) is 71.8 cm³/mol. The zero-order valence-electron chi connectivity index (χ0n) is 11.4. The van der Waals surface area contributed by atoms with Gasteiger partial charge in [-0.25, -0.2) is 4.39 Å². The van der Waals surface area contributed by atoms with Crippen molar-refractivity contribution in [2.75, 3.05) is 0 Å². The Morgan fingerprint density at radius 1 is 1.40 bits per heavy atom. The third-order valence-electron chi connectivity index (χ3n) is 3.23. The average Bonchev–Trinajstić information content (AvgIpc) is 3.17. The van der Waals surface area contributed by atoms with Gasteiger partial charge in [0.1, 0.15) is 18.2 Å². The molecule has 0 atom stereocenters. The molecule has 1 N–H and O–H groups in total. The van der Waals surface area contributed by atoms with E-state index in [1.165, 1.54) is 25.0 Å². The van der Waals surface area contributed by atoms with E-state index in [1.54, 1.807) is 6.07 Å². The number of ether oxygens (including phenoxy) is 1. The lowest BCUT2D eigenvalue weighted by atomic mass is 10.2. The summed E-state index contributed by atoms with van der Waals surface area (Å²) in [6, 6.07) is 6.97. The van der Waals surface area contributed by atoms with Crippen molar-refractivity contribution in [3.63, 3.8) is 0 Å². The summed E-state index contributed by atoms with van der Waals surface area (Å²) in [5, 5.41) is 7.17. The van der Waals surface area contributed by atoms with Crippen LogP contribution < -0.4 is 10.1 Å². The van der Waals surface area contributed by atoms with Gasteiger partial charge in [-0.05, 0) is 38.0 Å². The van der Waals surface area contributed by atoms with Gasteiger partial charge in [-0.3, -0.25) is 0 Å². The highest BCUT2D eigenvalue weighted by Crippen LogP contribution is 2.24. The lowest BCUT2D eigenvalue weighted by molar-refractivity contribution is 0.246. The molecule has 0 aliphatic heterocycles. The van der Waals surface area contributed by atoms with Crippen LogP contribution in [0, 0.1) is 12.7 Å². The molecule has 5 heteroatoms. The van der Waals surface area contributed by atoms with Crippen molar-refractivity contribution in [1.29, 1.82) is 0 Å². The Hall–Kier alpha value is -1.88. The molecule has 3 rings (SSSR count). The normalized spacial score (nSPS) is 14.5. The average molecular weight is 276 g/mol. The van der Waals surface area contributed by atoms with Crippen molar-refractivity contribution in [2.24, 2.45) is 0 Å². The minimum atomic E-state index is -0.250. The van der Waals surface area contributed by atoms with Crippen LogP contribution >= 0.6 is 0 Å². The highest BCUT2D eigenvalue weighted by atomic mass is 19.1. The molecule has 0 spiro atoms. The summed E-state index contributed by atoms with van der Waals surface area (Å²) in [5.74, 6) is 1.09. The number of hydrogen-bond donors (Lipinski definition) is 1. The van der Waals surface area contributed by atoms with Crippen LogP contribution in [0.1, 0.15) is 29.9 Å². The topological polar surface area (TPSA) is 47.3 Å². The number of hydrogen-bond acceptors (Lipinski definition) is 4. The van der Waals surface area contributed by atoms with Gasteiger partial charge in [0, 0.05) is 24.2 Å². The first-order chi connectivity index (χ1) is 9.70. The van der Waals surface area contributed by atoms with Crippen LogP contribution in [0.5, 0.6) is 5.75 Å². The SMILES string of the molecule is Cc1cc(COc2ccc(F)cc2CNC2CC2)on1. The highest BCUT2D eigenvalue weighted by Gasteiger charge is 2.20. The van der Waals surface area contributed by atoms with Crippen molar-refractivity contribution in [1.82, 2.24) is 10.5 Å². The Balaban J connectivity index is 1.66. The fourth-order valence-electron chi connectivity index (χ4n) is 2.00. The minimum absolute atomic E-state index is 0.250. The molecule has 1 aliphatic carbocycles. The number of benzene rings is 1. The molecule has 0 bridgehead atoms. The van der Waals surface area contributed by atoms with Gasteiger partial charge in [-0.2, -0.15) is 0 Å². The van der Waals surface area contributed by atoms with E-state index < -0.39 is 0 Å². The van der Waals surface area contributed by atoms with Gasteiger partial charge in [-0.1, -0.05) is 5.16 Å². The summed E-state index contributed by atoms with van der Waals surface area (Å²) in [4.78, 5) is 0. The molecule has 0 saturated heterocycles. The summed E-state index contributed by atoms with van der Waals surface area (Å²) in [7, 11) is 0. The van der Waals surface area contributed by atoms with E-state index in [4.69, 9.17) is 9.26 Å². The van der Waals surface area contributed by atoms with Gasteiger partial charge in [0.05, 0.1) is 5.69 Å². The van der Waals surface area contributed by atoms with E-state index in [0.717, 1.165) is 11.3 Å². The quantitative estimate of drug-likeness (QED) is 0.881. The smallest absolute Gasteiger partial charge is 0.174 e. The second-order valence-corrected chi connectivity index (χ2v) is 5.13. The molecular formula is C15H17FN2O2. The van der Waals surface area contributed by atoms with Gasteiger partial charge >= 0.3 is 0 Å². The van der Waals surface area contributed by atoms with E-state index in [2.05, 4.69) is 10.5 Å². The molecule has 0 unspecified atom stereocenters. The summed E-state index contributed by atoms with van der Waals surface area (Å²) < 4.78 is 24.1. The second kappa shape index (κ2) is 5.63. The van der Waals surface area contributed by atoms with Gasteiger partial charge < -0.3 is 14.6 Å². The standard InChI is InChI=1S/C15H17FN2O2/c1-10-6-14(20-18-10)9-19-15-5-2-12(16)7-11(15)8-17-13-3-4-13/h2,5-7,13,17H,3-4,8-9H2,1H3. The van der Waals surface area contributed by atoms with E-state index in [9.17, 15) is 4.39 Å². The zero-order valence-corrected chi connectivity index (χ0v) is 11.4. The lowest BCUT2D eigenvalue weighted by Crippen LogP contribution is -2.16.